The molecule has 0 atom stereocenters. The third kappa shape index (κ3) is 4.24. The highest BCUT2D eigenvalue weighted by atomic mass is 16.5. The molecule has 1 aliphatic rings. The number of nitrogens with zero attached hydrogens (tertiary/aromatic N) is 2. The minimum atomic E-state index is 0.195. The van der Waals surface area contributed by atoms with Crippen LogP contribution in [0.5, 0.6) is 5.75 Å². The quantitative estimate of drug-likeness (QED) is 0.825. The van der Waals surface area contributed by atoms with Crippen LogP contribution in [0.1, 0.15) is 12.0 Å². The molecular formula is C15H22N2O2. The van der Waals surface area contributed by atoms with Gasteiger partial charge in [-0.25, -0.2) is 0 Å². The summed E-state index contributed by atoms with van der Waals surface area (Å²) in [4.78, 5) is 16.2. The van der Waals surface area contributed by atoms with Gasteiger partial charge in [0.2, 0.25) is 5.91 Å². The van der Waals surface area contributed by atoms with E-state index in [1.165, 1.54) is 5.56 Å². The van der Waals surface area contributed by atoms with Gasteiger partial charge in [-0.05, 0) is 31.7 Å². The molecule has 0 N–H and O–H groups in total. The van der Waals surface area contributed by atoms with Crippen molar-refractivity contribution in [2.24, 2.45) is 0 Å². The van der Waals surface area contributed by atoms with Crippen molar-refractivity contribution in [3.05, 3.63) is 29.8 Å². The molecular weight excluding hydrogens is 240 g/mol. The van der Waals surface area contributed by atoms with E-state index in [0.717, 1.165) is 31.9 Å². The molecule has 104 valence electrons. The van der Waals surface area contributed by atoms with E-state index in [1.807, 2.05) is 36.1 Å². The maximum atomic E-state index is 12.0. The van der Waals surface area contributed by atoms with Crippen LogP contribution in [0.2, 0.25) is 0 Å². The fourth-order valence-electron chi connectivity index (χ4n) is 2.18. The number of benzene rings is 1. The first-order valence-electron chi connectivity index (χ1n) is 6.81. The summed E-state index contributed by atoms with van der Waals surface area (Å²) in [6.45, 7) is 6.07. The molecule has 0 spiro atoms. The number of amides is 1. The van der Waals surface area contributed by atoms with E-state index in [-0.39, 0.29) is 5.91 Å². The van der Waals surface area contributed by atoms with Gasteiger partial charge in [-0.1, -0.05) is 12.1 Å². The molecule has 4 heteroatoms. The molecule has 0 saturated carbocycles. The first-order valence-corrected chi connectivity index (χ1v) is 6.81. The lowest BCUT2D eigenvalue weighted by Crippen LogP contribution is -2.47. The van der Waals surface area contributed by atoms with Crippen molar-refractivity contribution in [3.8, 4) is 5.75 Å². The summed E-state index contributed by atoms with van der Waals surface area (Å²) in [6, 6.07) is 7.91. The zero-order valence-corrected chi connectivity index (χ0v) is 11.8. The molecule has 0 unspecified atom stereocenters. The van der Waals surface area contributed by atoms with Crippen molar-refractivity contribution >= 4 is 5.91 Å². The zero-order chi connectivity index (χ0) is 13.7. The standard InChI is InChI=1S/C15H22N2O2/c1-13-4-3-5-14(12-13)19-11-6-15(18)17-9-7-16(2)8-10-17/h3-5,12H,6-11H2,1-2H3. The molecule has 1 aromatic carbocycles. The molecule has 1 heterocycles. The van der Waals surface area contributed by atoms with E-state index in [1.54, 1.807) is 0 Å². The Bertz CT molecular complexity index is 426. The fraction of sp³-hybridized carbons (Fsp3) is 0.533. The molecule has 19 heavy (non-hydrogen) atoms. The maximum absolute atomic E-state index is 12.0. The number of rotatable bonds is 4. The van der Waals surface area contributed by atoms with Gasteiger partial charge >= 0.3 is 0 Å². The van der Waals surface area contributed by atoms with Gasteiger partial charge in [0.15, 0.2) is 0 Å². The highest BCUT2D eigenvalue weighted by molar-refractivity contribution is 5.76. The van der Waals surface area contributed by atoms with Gasteiger partial charge in [-0.15, -0.1) is 0 Å². The summed E-state index contributed by atoms with van der Waals surface area (Å²) in [5.74, 6) is 1.03. The highest BCUT2D eigenvalue weighted by Crippen LogP contribution is 2.12. The predicted molar refractivity (Wildman–Crippen MR) is 75.4 cm³/mol. The predicted octanol–water partition coefficient (Wildman–Crippen LogP) is 1.54. The van der Waals surface area contributed by atoms with Crippen LogP contribution in [0, 0.1) is 6.92 Å². The lowest BCUT2D eigenvalue weighted by Gasteiger charge is -2.32. The Balaban J connectivity index is 1.72. The van der Waals surface area contributed by atoms with E-state index in [4.69, 9.17) is 4.74 Å². The number of aryl methyl sites for hydroxylation is 1. The van der Waals surface area contributed by atoms with Crippen LogP contribution in [-0.4, -0.2) is 55.5 Å². The molecule has 0 radical (unpaired) electrons. The number of ether oxygens (including phenoxy) is 1. The Morgan fingerprint density at radius 3 is 2.68 bits per heavy atom. The SMILES string of the molecule is Cc1cccc(OCCC(=O)N2CCN(C)CC2)c1. The third-order valence-electron chi connectivity index (χ3n) is 3.43. The molecule has 1 saturated heterocycles. The Morgan fingerprint density at radius 1 is 1.26 bits per heavy atom. The van der Waals surface area contributed by atoms with Crippen molar-refractivity contribution in [1.29, 1.82) is 0 Å². The molecule has 4 nitrogen and oxygen atoms in total. The monoisotopic (exact) mass is 262 g/mol. The second-order valence-corrected chi connectivity index (χ2v) is 5.10. The van der Waals surface area contributed by atoms with Crippen molar-refractivity contribution in [3.63, 3.8) is 0 Å². The number of piperazine rings is 1. The van der Waals surface area contributed by atoms with Gasteiger partial charge in [0.25, 0.3) is 0 Å². The van der Waals surface area contributed by atoms with E-state index in [0.29, 0.717) is 13.0 Å². The molecule has 1 aromatic rings. The topological polar surface area (TPSA) is 32.8 Å². The first-order chi connectivity index (χ1) is 9.15. The van der Waals surface area contributed by atoms with Crippen molar-refractivity contribution in [1.82, 2.24) is 9.80 Å². The molecule has 0 aromatic heterocycles. The van der Waals surface area contributed by atoms with Crippen LogP contribution in [0.25, 0.3) is 0 Å². The Morgan fingerprint density at radius 2 is 2.00 bits per heavy atom. The molecule has 1 fully saturated rings. The van der Waals surface area contributed by atoms with Crippen LogP contribution in [0.4, 0.5) is 0 Å². The lowest BCUT2D eigenvalue weighted by molar-refractivity contribution is -0.133. The number of likely N-dealkylation sites (N-methyl/N-ethyl adjacent to an activating group) is 1. The van der Waals surface area contributed by atoms with Crippen LogP contribution >= 0.6 is 0 Å². The van der Waals surface area contributed by atoms with Crippen LogP contribution in [0.15, 0.2) is 24.3 Å². The second kappa shape index (κ2) is 6.57. The van der Waals surface area contributed by atoms with Gasteiger partial charge in [0, 0.05) is 26.2 Å². The minimum Gasteiger partial charge on any atom is -0.493 e. The van der Waals surface area contributed by atoms with Crippen molar-refractivity contribution in [2.45, 2.75) is 13.3 Å². The number of carbonyl (C=O) groups is 1. The number of hydrogen-bond donors (Lipinski definition) is 0. The van der Waals surface area contributed by atoms with Gasteiger partial charge < -0.3 is 14.5 Å². The number of carbonyl (C=O) groups excluding carboxylic acids is 1. The van der Waals surface area contributed by atoms with Gasteiger partial charge in [0.05, 0.1) is 13.0 Å². The Hall–Kier alpha value is -1.55. The highest BCUT2D eigenvalue weighted by Gasteiger charge is 2.18. The third-order valence-corrected chi connectivity index (χ3v) is 3.43. The fourth-order valence-corrected chi connectivity index (χ4v) is 2.18. The van der Waals surface area contributed by atoms with Crippen LogP contribution in [-0.2, 0) is 4.79 Å². The molecule has 1 aliphatic heterocycles. The largest absolute Gasteiger partial charge is 0.493 e. The average molecular weight is 262 g/mol. The van der Waals surface area contributed by atoms with E-state index >= 15 is 0 Å². The maximum Gasteiger partial charge on any atom is 0.226 e. The second-order valence-electron chi connectivity index (χ2n) is 5.10. The lowest BCUT2D eigenvalue weighted by atomic mass is 10.2. The summed E-state index contributed by atoms with van der Waals surface area (Å²) in [6.07, 6.45) is 0.456. The summed E-state index contributed by atoms with van der Waals surface area (Å²) >= 11 is 0. The van der Waals surface area contributed by atoms with E-state index in [9.17, 15) is 4.79 Å². The van der Waals surface area contributed by atoms with E-state index < -0.39 is 0 Å². The van der Waals surface area contributed by atoms with Gasteiger partial charge in [0.1, 0.15) is 5.75 Å². The molecule has 1 amide bonds. The molecule has 2 rings (SSSR count). The summed E-state index contributed by atoms with van der Waals surface area (Å²) in [7, 11) is 2.09. The van der Waals surface area contributed by atoms with Crippen molar-refractivity contribution < 1.29 is 9.53 Å². The Labute approximate surface area is 115 Å². The Kier molecular flexibility index (Phi) is 4.80. The zero-order valence-electron chi connectivity index (χ0n) is 11.8. The summed E-state index contributed by atoms with van der Waals surface area (Å²) in [5, 5.41) is 0. The molecule has 0 aliphatic carbocycles. The smallest absolute Gasteiger partial charge is 0.226 e. The molecule has 0 bridgehead atoms. The first kappa shape index (κ1) is 13.9. The van der Waals surface area contributed by atoms with Crippen molar-refractivity contribution in [2.75, 3.05) is 39.8 Å². The van der Waals surface area contributed by atoms with Crippen LogP contribution < -0.4 is 4.74 Å². The number of hydrogen-bond acceptors (Lipinski definition) is 3. The normalized spacial score (nSPS) is 16.4. The van der Waals surface area contributed by atoms with E-state index in [2.05, 4.69) is 11.9 Å². The van der Waals surface area contributed by atoms with Gasteiger partial charge in [-0.2, -0.15) is 0 Å². The minimum absolute atomic E-state index is 0.195. The summed E-state index contributed by atoms with van der Waals surface area (Å²) in [5.41, 5.74) is 1.17. The van der Waals surface area contributed by atoms with Crippen LogP contribution in [0.3, 0.4) is 0 Å². The summed E-state index contributed by atoms with van der Waals surface area (Å²) < 4.78 is 5.61. The average Bonchev–Trinajstić information content (AvgIpc) is 2.39. The van der Waals surface area contributed by atoms with Gasteiger partial charge in [-0.3, -0.25) is 4.79 Å².